The lowest BCUT2D eigenvalue weighted by Gasteiger charge is -2.10. The van der Waals surface area contributed by atoms with Crippen molar-refractivity contribution in [1.82, 2.24) is 15.0 Å². The van der Waals surface area contributed by atoms with Crippen LogP contribution in [0.15, 0.2) is 64.8 Å². The molecule has 8 nitrogen and oxygen atoms in total. The van der Waals surface area contributed by atoms with Crippen LogP contribution >= 0.6 is 11.3 Å². The maximum Gasteiger partial charge on any atom is 0.263 e. The molecule has 2 aromatic heterocycles. The highest BCUT2D eigenvalue weighted by molar-refractivity contribution is 7.19. The standard InChI is InChI=1S/C26H26N4O4S/c1-4-12-34-20-11-10-18(13-21(20)33-3)14-28-29-22(31)15-30-16-27-25-24(26(30)32)23(17(2)35-25)19-8-6-5-7-9-19/h5-11,13-14,16H,4,12,15H2,1-3H3,(H,29,31). The van der Waals surface area contributed by atoms with E-state index < -0.39 is 5.91 Å². The van der Waals surface area contributed by atoms with Crippen LogP contribution in [0.2, 0.25) is 0 Å². The Bertz CT molecular complexity index is 1430. The number of hydrogen-bond donors (Lipinski definition) is 1. The molecule has 0 aliphatic carbocycles. The topological polar surface area (TPSA) is 94.8 Å². The van der Waals surface area contributed by atoms with Gasteiger partial charge in [-0.15, -0.1) is 11.3 Å². The first kappa shape index (κ1) is 24.2. The van der Waals surface area contributed by atoms with E-state index in [4.69, 9.17) is 9.47 Å². The van der Waals surface area contributed by atoms with Crippen LogP contribution in [0.1, 0.15) is 23.8 Å². The summed E-state index contributed by atoms with van der Waals surface area (Å²) in [7, 11) is 1.57. The zero-order valence-corrected chi connectivity index (χ0v) is 20.6. The van der Waals surface area contributed by atoms with Crippen molar-refractivity contribution < 1.29 is 14.3 Å². The number of carbonyl (C=O) groups is 1. The summed E-state index contributed by atoms with van der Waals surface area (Å²) in [6.07, 6.45) is 3.80. The van der Waals surface area contributed by atoms with E-state index in [1.807, 2.05) is 50.2 Å². The van der Waals surface area contributed by atoms with Gasteiger partial charge in [-0.05, 0) is 42.7 Å². The third-order valence-corrected chi connectivity index (χ3v) is 6.30. The molecule has 4 rings (SSSR count). The van der Waals surface area contributed by atoms with E-state index in [0.717, 1.165) is 28.0 Å². The molecule has 0 atom stereocenters. The van der Waals surface area contributed by atoms with Crippen LogP contribution in [0, 0.1) is 6.92 Å². The van der Waals surface area contributed by atoms with Gasteiger partial charge in [-0.2, -0.15) is 5.10 Å². The number of nitrogens with one attached hydrogen (secondary N) is 1. The first-order chi connectivity index (χ1) is 17.0. The van der Waals surface area contributed by atoms with Crippen molar-refractivity contribution in [2.24, 2.45) is 5.10 Å². The van der Waals surface area contributed by atoms with E-state index in [1.54, 1.807) is 19.2 Å². The Labute approximate surface area is 206 Å². The van der Waals surface area contributed by atoms with E-state index in [2.05, 4.69) is 15.5 Å². The Morgan fingerprint density at radius 3 is 2.74 bits per heavy atom. The minimum absolute atomic E-state index is 0.199. The monoisotopic (exact) mass is 490 g/mol. The number of ether oxygens (including phenoxy) is 2. The van der Waals surface area contributed by atoms with Crippen LogP contribution in [0.5, 0.6) is 11.5 Å². The number of methoxy groups -OCH3 is 1. The molecule has 0 radical (unpaired) electrons. The second kappa shape index (κ2) is 11.0. The Morgan fingerprint density at radius 1 is 1.20 bits per heavy atom. The van der Waals surface area contributed by atoms with Crippen molar-refractivity contribution in [3.63, 3.8) is 0 Å². The van der Waals surface area contributed by atoms with E-state index in [0.29, 0.717) is 28.3 Å². The molecule has 1 amide bonds. The highest BCUT2D eigenvalue weighted by Crippen LogP contribution is 2.35. The SMILES string of the molecule is CCCOc1ccc(C=NNC(=O)Cn2cnc3sc(C)c(-c4ccccc4)c3c2=O)cc1OC. The quantitative estimate of drug-likeness (QED) is 0.278. The molecule has 0 saturated heterocycles. The molecule has 180 valence electrons. The van der Waals surface area contributed by atoms with E-state index >= 15 is 0 Å². The number of fused-ring (bicyclic) bond motifs is 1. The Kier molecular flexibility index (Phi) is 7.57. The van der Waals surface area contributed by atoms with Gasteiger partial charge in [0.05, 0.1) is 31.6 Å². The summed E-state index contributed by atoms with van der Waals surface area (Å²) in [6, 6.07) is 15.1. The van der Waals surface area contributed by atoms with Crippen LogP contribution in [0.4, 0.5) is 0 Å². The summed E-state index contributed by atoms with van der Waals surface area (Å²) < 4.78 is 12.3. The van der Waals surface area contributed by atoms with Gasteiger partial charge in [-0.1, -0.05) is 37.3 Å². The number of carbonyl (C=O) groups excluding carboxylic acids is 1. The fourth-order valence-electron chi connectivity index (χ4n) is 3.67. The van der Waals surface area contributed by atoms with Crippen molar-refractivity contribution in [2.45, 2.75) is 26.8 Å². The molecule has 9 heteroatoms. The first-order valence-corrected chi connectivity index (χ1v) is 12.0. The first-order valence-electron chi connectivity index (χ1n) is 11.2. The zero-order chi connectivity index (χ0) is 24.8. The lowest BCUT2D eigenvalue weighted by atomic mass is 10.0. The number of aryl methyl sites for hydroxylation is 1. The van der Waals surface area contributed by atoms with Gasteiger partial charge in [0.25, 0.3) is 11.5 Å². The normalized spacial score (nSPS) is 11.2. The number of hydrazone groups is 1. The Balaban J connectivity index is 1.49. The number of thiophene rings is 1. The van der Waals surface area contributed by atoms with Crippen molar-refractivity contribution in [3.05, 3.63) is 75.7 Å². The molecular weight excluding hydrogens is 464 g/mol. The van der Waals surface area contributed by atoms with Gasteiger partial charge in [0, 0.05) is 10.4 Å². The molecule has 0 aliphatic rings. The smallest absolute Gasteiger partial charge is 0.263 e. The highest BCUT2D eigenvalue weighted by atomic mass is 32.1. The molecule has 0 spiro atoms. The summed E-state index contributed by atoms with van der Waals surface area (Å²) in [5, 5.41) is 4.53. The average Bonchev–Trinajstić information content (AvgIpc) is 3.22. The molecule has 0 saturated carbocycles. The van der Waals surface area contributed by atoms with E-state index in [9.17, 15) is 9.59 Å². The average molecular weight is 491 g/mol. The van der Waals surface area contributed by atoms with Gasteiger partial charge >= 0.3 is 0 Å². The molecule has 0 unspecified atom stereocenters. The van der Waals surface area contributed by atoms with Gasteiger partial charge < -0.3 is 9.47 Å². The number of nitrogens with zero attached hydrogens (tertiary/aromatic N) is 3. The summed E-state index contributed by atoms with van der Waals surface area (Å²) in [5.74, 6) is 0.795. The lowest BCUT2D eigenvalue weighted by molar-refractivity contribution is -0.121. The van der Waals surface area contributed by atoms with Gasteiger partial charge in [0.15, 0.2) is 11.5 Å². The molecular formula is C26H26N4O4S. The van der Waals surface area contributed by atoms with E-state index in [1.165, 1.54) is 28.4 Å². The molecule has 1 N–H and O–H groups in total. The second-order valence-electron chi connectivity index (χ2n) is 7.81. The third-order valence-electron chi connectivity index (χ3n) is 5.28. The predicted molar refractivity (Wildman–Crippen MR) is 139 cm³/mol. The highest BCUT2D eigenvalue weighted by Gasteiger charge is 2.17. The maximum absolute atomic E-state index is 13.2. The van der Waals surface area contributed by atoms with Gasteiger partial charge in [-0.3, -0.25) is 14.2 Å². The minimum atomic E-state index is -0.437. The molecule has 0 fully saturated rings. The van der Waals surface area contributed by atoms with Crippen LogP contribution in [-0.2, 0) is 11.3 Å². The molecule has 2 aromatic carbocycles. The van der Waals surface area contributed by atoms with Crippen molar-refractivity contribution in [3.8, 4) is 22.6 Å². The van der Waals surface area contributed by atoms with Crippen molar-refractivity contribution >= 4 is 33.7 Å². The van der Waals surface area contributed by atoms with Crippen molar-refractivity contribution in [1.29, 1.82) is 0 Å². The Hall–Kier alpha value is -3.98. The number of rotatable bonds is 9. The fraction of sp³-hybridized carbons (Fsp3) is 0.231. The predicted octanol–water partition coefficient (Wildman–Crippen LogP) is 4.38. The van der Waals surface area contributed by atoms with Gasteiger partial charge in [0.1, 0.15) is 11.4 Å². The van der Waals surface area contributed by atoms with Crippen LogP contribution in [0.3, 0.4) is 0 Å². The van der Waals surface area contributed by atoms with Crippen LogP contribution < -0.4 is 20.5 Å². The number of amides is 1. The molecule has 4 aromatic rings. The molecule has 0 bridgehead atoms. The van der Waals surface area contributed by atoms with Gasteiger partial charge in [0.2, 0.25) is 0 Å². The number of benzene rings is 2. The lowest BCUT2D eigenvalue weighted by Crippen LogP contribution is -2.30. The van der Waals surface area contributed by atoms with E-state index in [-0.39, 0.29) is 12.1 Å². The minimum Gasteiger partial charge on any atom is -0.493 e. The summed E-state index contributed by atoms with van der Waals surface area (Å²) in [5.41, 5.74) is 4.74. The second-order valence-corrected chi connectivity index (χ2v) is 9.01. The number of aromatic nitrogens is 2. The maximum atomic E-state index is 13.2. The summed E-state index contributed by atoms with van der Waals surface area (Å²) >= 11 is 1.47. The zero-order valence-electron chi connectivity index (χ0n) is 19.8. The largest absolute Gasteiger partial charge is 0.493 e. The number of hydrogen-bond acceptors (Lipinski definition) is 7. The molecule has 2 heterocycles. The molecule has 0 aliphatic heterocycles. The van der Waals surface area contributed by atoms with Crippen LogP contribution in [0.25, 0.3) is 21.3 Å². The third kappa shape index (κ3) is 5.41. The fourth-order valence-corrected chi connectivity index (χ4v) is 4.67. The Morgan fingerprint density at radius 2 is 2.00 bits per heavy atom. The van der Waals surface area contributed by atoms with Gasteiger partial charge in [-0.25, -0.2) is 10.4 Å². The summed E-state index contributed by atoms with van der Waals surface area (Å²) in [4.78, 5) is 31.8. The summed E-state index contributed by atoms with van der Waals surface area (Å²) in [6.45, 7) is 4.40. The van der Waals surface area contributed by atoms with Crippen molar-refractivity contribution in [2.75, 3.05) is 13.7 Å². The van der Waals surface area contributed by atoms with Crippen LogP contribution in [-0.4, -0.2) is 35.4 Å². The molecule has 35 heavy (non-hydrogen) atoms.